The van der Waals surface area contributed by atoms with E-state index in [1.165, 1.54) is 6.33 Å². The Morgan fingerprint density at radius 1 is 1.37 bits per heavy atom. The Hall–Kier alpha value is -3.16. The highest BCUT2D eigenvalue weighted by molar-refractivity contribution is 5.71. The van der Waals surface area contributed by atoms with Crippen LogP contribution in [0.3, 0.4) is 0 Å². The normalized spacial score (nSPS) is 14.4. The number of nitro groups is 1. The van der Waals surface area contributed by atoms with Crippen molar-refractivity contribution in [1.82, 2.24) is 14.9 Å². The number of ether oxygens (including phenoxy) is 1. The monoisotopic (exact) mass is 377 g/mol. The van der Waals surface area contributed by atoms with Crippen LogP contribution in [0.15, 0.2) is 6.33 Å². The second-order valence-corrected chi connectivity index (χ2v) is 6.94. The molecule has 0 aliphatic carbocycles. The lowest BCUT2D eigenvalue weighted by atomic mass is 10.2. The molecule has 0 saturated carbocycles. The Balaban J connectivity index is 2.11. The van der Waals surface area contributed by atoms with Gasteiger partial charge in [0.2, 0.25) is 11.6 Å². The predicted molar refractivity (Wildman–Crippen MR) is 97.4 cm³/mol. The summed E-state index contributed by atoms with van der Waals surface area (Å²) in [5.74, 6) is 0.271. The second-order valence-electron chi connectivity index (χ2n) is 6.94. The van der Waals surface area contributed by atoms with Crippen LogP contribution in [0.25, 0.3) is 0 Å². The van der Waals surface area contributed by atoms with Gasteiger partial charge in [-0.25, -0.2) is 14.8 Å². The van der Waals surface area contributed by atoms with Crippen LogP contribution >= 0.6 is 0 Å². The molecule has 0 radical (unpaired) electrons. The Morgan fingerprint density at radius 3 is 2.59 bits per heavy atom. The highest BCUT2D eigenvalue weighted by atomic mass is 16.6. The minimum Gasteiger partial charge on any atom is -0.444 e. The average Bonchev–Trinajstić information content (AvgIpc) is 2.60. The molecule has 1 aromatic rings. The summed E-state index contributed by atoms with van der Waals surface area (Å²) in [7, 11) is 0. The number of carbonyl (C=O) groups is 1. The summed E-state index contributed by atoms with van der Waals surface area (Å²) >= 11 is 0. The van der Waals surface area contributed by atoms with E-state index >= 15 is 0 Å². The lowest BCUT2D eigenvalue weighted by molar-refractivity contribution is -0.383. The van der Waals surface area contributed by atoms with Crippen molar-refractivity contribution in [2.75, 3.05) is 42.9 Å². The number of hydrogen-bond donors (Lipinski definition) is 1. The molecular formula is C16H23N7O4. The van der Waals surface area contributed by atoms with Gasteiger partial charge in [0, 0.05) is 32.7 Å². The number of amides is 1. The van der Waals surface area contributed by atoms with Crippen LogP contribution in [-0.2, 0) is 4.74 Å². The zero-order valence-electron chi connectivity index (χ0n) is 15.6. The molecular weight excluding hydrogens is 354 g/mol. The van der Waals surface area contributed by atoms with Crippen LogP contribution in [0.4, 0.5) is 22.1 Å². The Kier molecular flexibility index (Phi) is 6.33. The van der Waals surface area contributed by atoms with E-state index in [1.807, 2.05) is 6.07 Å². The van der Waals surface area contributed by atoms with Gasteiger partial charge in [-0.1, -0.05) is 0 Å². The fourth-order valence-electron chi connectivity index (χ4n) is 2.56. The van der Waals surface area contributed by atoms with E-state index in [0.717, 1.165) is 0 Å². The largest absolute Gasteiger partial charge is 0.444 e. The van der Waals surface area contributed by atoms with Gasteiger partial charge in [0.25, 0.3) is 0 Å². The van der Waals surface area contributed by atoms with Gasteiger partial charge in [-0.2, -0.15) is 5.26 Å². The van der Waals surface area contributed by atoms with Crippen molar-refractivity contribution in [3.63, 3.8) is 0 Å². The van der Waals surface area contributed by atoms with Crippen molar-refractivity contribution < 1.29 is 14.5 Å². The number of nitrogens with one attached hydrogen (secondary N) is 1. The molecule has 0 bridgehead atoms. The van der Waals surface area contributed by atoms with Gasteiger partial charge in [0.1, 0.15) is 11.9 Å². The number of nitrogens with zero attached hydrogens (tertiary/aromatic N) is 6. The zero-order valence-corrected chi connectivity index (χ0v) is 15.6. The first-order chi connectivity index (χ1) is 12.7. The minimum atomic E-state index is -0.580. The van der Waals surface area contributed by atoms with Gasteiger partial charge in [-0.3, -0.25) is 10.1 Å². The van der Waals surface area contributed by atoms with Crippen LogP contribution < -0.4 is 10.2 Å². The number of carbonyl (C=O) groups excluding carboxylic acids is 1. The average molecular weight is 377 g/mol. The maximum Gasteiger partial charge on any atom is 0.410 e. The molecule has 1 aliphatic heterocycles. The standard InChI is InChI=1S/C16H23N7O4/c1-16(2,3)27-15(24)22-9-7-21(8-10-22)14-12(23(25)26)13(19-11-20-14)18-6-4-5-17/h11H,4,6-10H2,1-3H3,(H,18,19,20). The first kappa shape index (κ1) is 20.2. The number of aromatic nitrogens is 2. The molecule has 27 heavy (non-hydrogen) atoms. The molecule has 1 aromatic heterocycles. The van der Waals surface area contributed by atoms with Gasteiger partial charge >= 0.3 is 11.8 Å². The maximum absolute atomic E-state index is 12.1. The Morgan fingerprint density at radius 2 is 2.04 bits per heavy atom. The van der Waals surface area contributed by atoms with Crippen molar-refractivity contribution in [2.45, 2.75) is 32.8 Å². The summed E-state index contributed by atoms with van der Waals surface area (Å²) in [5, 5.41) is 23.0. The van der Waals surface area contributed by atoms with E-state index in [1.54, 1.807) is 30.6 Å². The van der Waals surface area contributed by atoms with Crippen molar-refractivity contribution >= 4 is 23.4 Å². The summed E-state index contributed by atoms with van der Waals surface area (Å²) in [6, 6.07) is 1.96. The molecule has 1 saturated heterocycles. The Labute approximate surface area is 157 Å². The maximum atomic E-state index is 12.1. The minimum absolute atomic E-state index is 0.0785. The van der Waals surface area contributed by atoms with Crippen molar-refractivity contribution in [3.8, 4) is 6.07 Å². The quantitative estimate of drug-likeness (QED) is 0.462. The van der Waals surface area contributed by atoms with Gasteiger partial charge in [0.05, 0.1) is 17.4 Å². The smallest absolute Gasteiger partial charge is 0.410 e. The highest BCUT2D eigenvalue weighted by Crippen LogP contribution is 2.32. The Bertz CT molecular complexity index is 733. The molecule has 0 spiro atoms. The van der Waals surface area contributed by atoms with Crippen LogP contribution in [0.5, 0.6) is 0 Å². The number of nitriles is 1. The molecule has 0 unspecified atom stereocenters. The molecule has 1 amide bonds. The summed E-state index contributed by atoms with van der Waals surface area (Å²) in [6.07, 6.45) is 1.04. The topological polar surface area (TPSA) is 138 Å². The summed E-state index contributed by atoms with van der Waals surface area (Å²) in [4.78, 5) is 34.5. The molecule has 146 valence electrons. The predicted octanol–water partition coefficient (Wildman–Crippen LogP) is 1.77. The van der Waals surface area contributed by atoms with Crippen molar-refractivity contribution in [2.24, 2.45) is 0 Å². The molecule has 2 rings (SSSR count). The number of hydrogen-bond acceptors (Lipinski definition) is 9. The molecule has 0 atom stereocenters. The number of piperazine rings is 1. The van der Waals surface area contributed by atoms with Gasteiger partial charge < -0.3 is 19.9 Å². The molecule has 1 N–H and O–H groups in total. The summed E-state index contributed by atoms with van der Waals surface area (Å²) in [5.41, 5.74) is -0.815. The zero-order chi connectivity index (χ0) is 20.0. The van der Waals surface area contributed by atoms with Crippen molar-refractivity contribution in [3.05, 3.63) is 16.4 Å². The van der Waals surface area contributed by atoms with Gasteiger partial charge in [-0.15, -0.1) is 0 Å². The molecule has 1 fully saturated rings. The molecule has 0 aromatic carbocycles. The van der Waals surface area contributed by atoms with Crippen molar-refractivity contribution in [1.29, 1.82) is 5.26 Å². The lowest BCUT2D eigenvalue weighted by Gasteiger charge is -2.35. The first-order valence-electron chi connectivity index (χ1n) is 8.56. The van der Waals surface area contributed by atoms with Crippen LogP contribution in [0.1, 0.15) is 27.2 Å². The number of rotatable bonds is 5. The fraction of sp³-hybridized carbons (Fsp3) is 0.625. The third-order valence-electron chi connectivity index (χ3n) is 3.75. The van der Waals surface area contributed by atoms with E-state index < -0.39 is 16.6 Å². The highest BCUT2D eigenvalue weighted by Gasteiger charge is 2.31. The lowest BCUT2D eigenvalue weighted by Crippen LogP contribution is -2.50. The van der Waals surface area contributed by atoms with E-state index in [9.17, 15) is 14.9 Å². The third-order valence-corrected chi connectivity index (χ3v) is 3.75. The van der Waals surface area contributed by atoms with Crippen LogP contribution in [0.2, 0.25) is 0 Å². The third kappa shape index (κ3) is 5.40. The SMILES string of the molecule is CC(C)(C)OC(=O)N1CCN(c2ncnc(NCCC#N)c2[N+](=O)[O-])CC1. The summed E-state index contributed by atoms with van der Waals surface area (Å²) in [6.45, 7) is 7.15. The van der Waals surface area contributed by atoms with E-state index in [2.05, 4.69) is 15.3 Å². The van der Waals surface area contributed by atoms with E-state index in [0.29, 0.717) is 26.2 Å². The fourth-order valence-corrected chi connectivity index (χ4v) is 2.56. The molecule has 1 aliphatic rings. The molecule has 11 nitrogen and oxygen atoms in total. The van der Waals surface area contributed by atoms with Gasteiger partial charge in [0.15, 0.2) is 0 Å². The second kappa shape index (κ2) is 8.48. The summed E-state index contributed by atoms with van der Waals surface area (Å²) < 4.78 is 5.35. The van der Waals surface area contributed by atoms with Crippen LogP contribution in [0, 0.1) is 21.4 Å². The van der Waals surface area contributed by atoms with Crippen LogP contribution in [-0.4, -0.2) is 64.2 Å². The van der Waals surface area contributed by atoms with E-state index in [-0.39, 0.29) is 30.3 Å². The van der Waals surface area contributed by atoms with Gasteiger partial charge in [-0.05, 0) is 20.8 Å². The number of anilines is 2. The molecule has 2 heterocycles. The van der Waals surface area contributed by atoms with E-state index in [4.69, 9.17) is 10.00 Å². The first-order valence-corrected chi connectivity index (χ1v) is 8.56. The molecule has 11 heteroatoms.